The third kappa shape index (κ3) is 4.31. The highest BCUT2D eigenvalue weighted by Crippen LogP contribution is 2.36. The number of alkyl halides is 3. The molecule has 1 N–H and O–H groups in total. The van der Waals surface area contributed by atoms with Crippen LogP contribution < -0.4 is 4.72 Å². The zero-order chi connectivity index (χ0) is 14.7. The second kappa shape index (κ2) is 6.04. The van der Waals surface area contributed by atoms with Crippen molar-refractivity contribution in [3.8, 4) is 0 Å². The molecule has 0 spiro atoms. The van der Waals surface area contributed by atoms with Crippen molar-refractivity contribution in [1.29, 1.82) is 0 Å². The molecule has 0 fully saturated rings. The van der Waals surface area contributed by atoms with Crippen LogP contribution in [0.25, 0.3) is 0 Å². The largest absolute Gasteiger partial charge is 0.393 e. The molecule has 1 aromatic rings. The first-order valence-corrected chi connectivity index (χ1v) is 8.18. The van der Waals surface area contributed by atoms with Gasteiger partial charge in [0.05, 0.1) is 5.92 Å². The molecule has 0 aromatic heterocycles. The number of benzene rings is 1. The summed E-state index contributed by atoms with van der Waals surface area (Å²) in [6.45, 7) is 0.866. The molecule has 2 atom stereocenters. The topological polar surface area (TPSA) is 46.2 Å². The van der Waals surface area contributed by atoms with Gasteiger partial charge in [0.15, 0.2) is 0 Å². The number of rotatable bonds is 5. The highest BCUT2D eigenvalue weighted by molar-refractivity contribution is 8.13. The Morgan fingerprint density at radius 3 is 2.16 bits per heavy atom. The van der Waals surface area contributed by atoms with Crippen LogP contribution in [0.15, 0.2) is 30.3 Å². The molecule has 8 heteroatoms. The normalized spacial score (nSPS) is 15.8. The zero-order valence-corrected chi connectivity index (χ0v) is 11.9. The number of hydrogen-bond acceptors (Lipinski definition) is 3. The Morgan fingerprint density at radius 1 is 1.21 bits per heavy atom. The van der Waals surface area contributed by atoms with Gasteiger partial charge in [-0.1, -0.05) is 25.1 Å². The zero-order valence-electron chi connectivity index (χ0n) is 10.3. The van der Waals surface area contributed by atoms with Crippen molar-refractivity contribution in [2.75, 3.05) is 11.0 Å². The molecule has 0 aliphatic heterocycles. The molecule has 0 saturated carbocycles. The minimum Gasteiger partial charge on any atom is -0.283 e. The highest BCUT2D eigenvalue weighted by Gasteiger charge is 2.46. The van der Waals surface area contributed by atoms with E-state index in [-0.39, 0.29) is 5.69 Å². The first-order chi connectivity index (χ1) is 8.68. The number of anilines is 1. The van der Waals surface area contributed by atoms with Crippen molar-refractivity contribution in [1.82, 2.24) is 0 Å². The van der Waals surface area contributed by atoms with Gasteiger partial charge in [-0.2, -0.15) is 13.2 Å². The molecule has 1 rings (SSSR count). The summed E-state index contributed by atoms with van der Waals surface area (Å²) in [6.07, 6.45) is -3.21. The molecule has 0 aliphatic carbocycles. The van der Waals surface area contributed by atoms with Crippen LogP contribution in [0.3, 0.4) is 0 Å². The summed E-state index contributed by atoms with van der Waals surface area (Å²) >= 11 is 0.661. The van der Waals surface area contributed by atoms with Crippen molar-refractivity contribution >= 4 is 27.5 Å². The van der Waals surface area contributed by atoms with Crippen LogP contribution in [0.4, 0.5) is 18.9 Å². The molecule has 0 bridgehead atoms. The van der Waals surface area contributed by atoms with Gasteiger partial charge in [0.1, 0.15) is 4.58 Å². The van der Waals surface area contributed by atoms with Gasteiger partial charge >= 0.3 is 6.18 Å². The predicted octanol–water partition coefficient (Wildman–Crippen LogP) is 3.32. The van der Waals surface area contributed by atoms with Crippen molar-refractivity contribution in [2.45, 2.75) is 17.7 Å². The Kier molecular flexibility index (Phi) is 5.14. The molecule has 1 aromatic carbocycles. The van der Waals surface area contributed by atoms with Gasteiger partial charge < -0.3 is 0 Å². The molecular weight excluding hydrogens is 299 g/mol. The second-order valence-electron chi connectivity index (χ2n) is 3.95. The van der Waals surface area contributed by atoms with Gasteiger partial charge in [-0.25, -0.2) is 8.42 Å². The van der Waals surface area contributed by atoms with E-state index in [2.05, 4.69) is 4.72 Å². The maximum absolute atomic E-state index is 12.6. The quantitative estimate of drug-likeness (QED) is 0.907. The van der Waals surface area contributed by atoms with E-state index >= 15 is 0 Å². The number of hydrogen-bond donors (Lipinski definition) is 1. The van der Waals surface area contributed by atoms with Crippen LogP contribution in [-0.2, 0) is 10.0 Å². The Bertz CT molecular complexity index is 502. The molecule has 108 valence electrons. The molecule has 0 amide bonds. The Labute approximate surface area is 114 Å². The van der Waals surface area contributed by atoms with Gasteiger partial charge in [0, 0.05) is 5.69 Å². The van der Waals surface area contributed by atoms with Crippen LogP contribution >= 0.6 is 11.8 Å². The number of thioether (sulfide) groups is 1. The minimum atomic E-state index is -4.56. The first-order valence-electron chi connectivity index (χ1n) is 5.34. The van der Waals surface area contributed by atoms with Crippen LogP contribution in [0.1, 0.15) is 6.92 Å². The Hall–Kier alpha value is -0.890. The molecule has 2 unspecified atom stereocenters. The summed E-state index contributed by atoms with van der Waals surface area (Å²) < 4.78 is 62.5. The lowest BCUT2D eigenvalue weighted by Gasteiger charge is -2.24. The highest BCUT2D eigenvalue weighted by atomic mass is 32.3. The van der Waals surface area contributed by atoms with E-state index in [1.807, 2.05) is 0 Å². The van der Waals surface area contributed by atoms with Crippen molar-refractivity contribution in [3.05, 3.63) is 30.3 Å². The Morgan fingerprint density at radius 2 is 1.74 bits per heavy atom. The SMILES string of the molecule is CSC(C(C)C(F)(F)F)S(=O)(=O)Nc1ccccc1. The fourth-order valence-corrected chi connectivity index (χ4v) is 4.48. The van der Waals surface area contributed by atoms with Crippen LogP contribution in [0, 0.1) is 5.92 Å². The van der Waals surface area contributed by atoms with Crippen LogP contribution in [0.5, 0.6) is 0 Å². The first kappa shape index (κ1) is 16.2. The number of para-hydroxylation sites is 1. The lowest BCUT2D eigenvalue weighted by atomic mass is 10.2. The van der Waals surface area contributed by atoms with Gasteiger partial charge in [-0.05, 0) is 18.4 Å². The molecule has 19 heavy (non-hydrogen) atoms. The van der Waals surface area contributed by atoms with E-state index in [0.717, 1.165) is 6.92 Å². The summed E-state index contributed by atoms with van der Waals surface area (Å²) in [7, 11) is -4.11. The van der Waals surface area contributed by atoms with Gasteiger partial charge in [0.25, 0.3) is 0 Å². The molecule has 0 aliphatic rings. The maximum Gasteiger partial charge on any atom is 0.393 e. The van der Waals surface area contributed by atoms with E-state index in [0.29, 0.717) is 11.8 Å². The van der Waals surface area contributed by atoms with Gasteiger partial charge in [0.2, 0.25) is 10.0 Å². The maximum atomic E-state index is 12.6. The number of sulfonamides is 1. The fourth-order valence-electron chi connectivity index (χ4n) is 1.48. The number of halogens is 3. The molecular formula is C11H14F3NO2S2. The molecule has 0 heterocycles. The predicted molar refractivity (Wildman–Crippen MR) is 71.5 cm³/mol. The van der Waals surface area contributed by atoms with Gasteiger partial charge in [-0.15, -0.1) is 11.8 Å². The standard InChI is InChI=1S/C11H14F3NO2S2/c1-8(11(12,13)14)10(18-2)19(16,17)15-9-6-4-3-5-7-9/h3-8,10,15H,1-2H3. The third-order valence-electron chi connectivity index (χ3n) is 2.50. The molecule has 0 radical (unpaired) electrons. The summed E-state index contributed by atoms with van der Waals surface area (Å²) in [5, 5.41) is 0. The van der Waals surface area contributed by atoms with E-state index in [1.165, 1.54) is 18.4 Å². The third-order valence-corrected chi connectivity index (χ3v) is 6.25. The summed E-state index contributed by atoms with van der Waals surface area (Å²) in [6, 6.07) is 7.83. The Balaban J connectivity index is 2.97. The van der Waals surface area contributed by atoms with E-state index in [9.17, 15) is 21.6 Å². The minimum absolute atomic E-state index is 0.246. The van der Waals surface area contributed by atoms with E-state index in [4.69, 9.17) is 0 Å². The molecule has 3 nitrogen and oxygen atoms in total. The van der Waals surface area contributed by atoms with Crippen molar-refractivity contribution in [3.63, 3.8) is 0 Å². The van der Waals surface area contributed by atoms with Crippen molar-refractivity contribution in [2.24, 2.45) is 5.92 Å². The number of nitrogens with one attached hydrogen (secondary N) is 1. The summed E-state index contributed by atoms with van der Waals surface area (Å²) in [5.41, 5.74) is 0.246. The second-order valence-corrected chi connectivity index (χ2v) is 7.03. The van der Waals surface area contributed by atoms with Gasteiger partial charge in [-0.3, -0.25) is 4.72 Å². The fraction of sp³-hybridized carbons (Fsp3) is 0.455. The monoisotopic (exact) mass is 313 g/mol. The van der Waals surface area contributed by atoms with E-state index in [1.54, 1.807) is 18.2 Å². The smallest absolute Gasteiger partial charge is 0.283 e. The average molecular weight is 313 g/mol. The lowest BCUT2D eigenvalue weighted by molar-refractivity contribution is -0.165. The van der Waals surface area contributed by atoms with Crippen LogP contribution in [0.2, 0.25) is 0 Å². The van der Waals surface area contributed by atoms with Crippen LogP contribution in [-0.4, -0.2) is 25.4 Å². The summed E-state index contributed by atoms with van der Waals surface area (Å²) in [5.74, 6) is -1.95. The molecule has 0 saturated heterocycles. The lowest BCUT2D eigenvalue weighted by Crippen LogP contribution is -2.38. The summed E-state index contributed by atoms with van der Waals surface area (Å²) in [4.78, 5) is 0. The average Bonchev–Trinajstić information content (AvgIpc) is 2.28. The van der Waals surface area contributed by atoms with E-state index < -0.39 is 26.7 Å². The van der Waals surface area contributed by atoms with Crippen molar-refractivity contribution < 1.29 is 21.6 Å².